The van der Waals surface area contributed by atoms with Crippen molar-refractivity contribution in [3.63, 3.8) is 0 Å². The van der Waals surface area contributed by atoms with Crippen LogP contribution in [-0.2, 0) is 4.79 Å². The number of carbonyl (C=O) groups excluding carboxylic acids is 1. The second-order valence-electron chi connectivity index (χ2n) is 2.10. The summed E-state index contributed by atoms with van der Waals surface area (Å²) >= 11 is 0. The van der Waals surface area contributed by atoms with Crippen molar-refractivity contribution in [2.24, 2.45) is 0 Å². The Kier molecular flexibility index (Phi) is 1.97. The maximum atomic E-state index is 12.3. The third-order valence-corrected chi connectivity index (χ3v) is 1.36. The standard InChI is InChI=1S/C7H7FO2/c8-6-1-2-7(10)5(3-6)4-9/h1,3-4,7,10H,2H2. The van der Waals surface area contributed by atoms with E-state index in [1.165, 1.54) is 6.08 Å². The molecular formula is C7H7FO2. The Balaban J connectivity index is 2.83. The predicted molar refractivity (Wildman–Crippen MR) is 34.0 cm³/mol. The van der Waals surface area contributed by atoms with Crippen molar-refractivity contribution in [2.75, 3.05) is 0 Å². The molecule has 0 spiro atoms. The van der Waals surface area contributed by atoms with E-state index in [1.807, 2.05) is 0 Å². The Hall–Kier alpha value is -0.960. The molecule has 1 atom stereocenters. The summed E-state index contributed by atoms with van der Waals surface area (Å²) in [5.74, 6) is -0.451. The van der Waals surface area contributed by atoms with Gasteiger partial charge in [0.15, 0.2) is 0 Å². The van der Waals surface area contributed by atoms with Crippen LogP contribution in [0.3, 0.4) is 0 Å². The molecule has 10 heavy (non-hydrogen) atoms. The molecule has 0 aromatic carbocycles. The van der Waals surface area contributed by atoms with Crippen LogP contribution in [0.15, 0.2) is 23.6 Å². The Morgan fingerprint density at radius 2 is 2.50 bits per heavy atom. The van der Waals surface area contributed by atoms with Gasteiger partial charge in [0.05, 0.1) is 6.10 Å². The van der Waals surface area contributed by atoms with E-state index < -0.39 is 11.9 Å². The number of aliphatic hydroxyl groups excluding tert-OH is 1. The summed E-state index contributed by atoms with van der Waals surface area (Å²) in [6, 6.07) is 0. The molecule has 0 amide bonds. The van der Waals surface area contributed by atoms with Crippen molar-refractivity contribution in [3.05, 3.63) is 23.6 Å². The van der Waals surface area contributed by atoms with Crippen LogP contribution in [0, 0.1) is 0 Å². The minimum atomic E-state index is -0.822. The summed E-state index contributed by atoms with van der Waals surface area (Å²) in [6.07, 6.45) is 2.13. The summed E-state index contributed by atoms with van der Waals surface area (Å²) in [5.41, 5.74) is 0.111. The van der Waals surface area contributed by atoms with Gasteiger partial charge in [-0.1, -0.05) is 0 Å². The first kappa shape index (κ1) is 7.15. The molecule has 0 aromatic heterocycles. The number of hydrogen-bond donors (Lipinski definition) is 1. The Labute approximate surface area is 57.7 Å². The SMILES string of the molecule is O=CC1=CC(F)=CCC1O. The molecule has 1 N–H and O–H groups in total. The lowest BCUT2D eigenvalue weighted by atomic mass is 10.0. The first-order chi connectivity index (χ1) is 4.74. The van der Waals surface area contributed by atoms with Crippen molar-refractivity contribution in [1.82, 2.24) is 0 Å². The van der Waals surface area contributed by atoms with Gasteiger partial charge in [0, 0.05) is 5.57 Å². The van der Waals surface area contributed by atoms with Crippen molar-refractivity contribution >= 4 is 6.29 Å². The highest BCUT2D eigenvalue weighted by Crippen LogP contribution is 2.16. The molecule has 1 unspecified atom stereocenters. The number of aldehydes is 1. The van der Waals surface area contributed by atoms with E-state index in [0.29, 0.717) is 6.29 Å². The molecule has 0 radical (unpaired) electrons. The van der Waals surface area contributed by atoms with Crippen LogP contribution >= 0.6 is 0 Å². The highest BCUT2D eigenvalue weighted by molar-refractivity contribution is 5.76. The molecule has 1 rings (SSSR count). The fourth-order valence-electron chi connectivity index (χ4n) is 0.787. The van der Waals surface area contributed by atoms with E-state index in [-0.39, 0.29) is 12.0 Å². The van der Waals surface area contributed by atoms with Gasteiger partial charge in [-0.2, -0.15) is 0 Å². The molecule has 0 bridgehead atoms. The molecule has 0 heterocycles. The maximum Gasteiger partial charge on any atom is 0.148 e. The lowest BCUT2D eigenvalue weighted by Crippen LogP contribution is -2.12. The number of carbonyl (C=O) groups is 1. The van der Waals surface area contributed by atoms with Crippen LogP contribution < -0.4 is 0 Å². The van der Waals surface area contributed by atoms with Gasteiger partial charge in [0.1, 0.15) is 12.1 Å². The fraction of sp³-hybridized carbons (Fsp3) is 0.286. The van der Waals surface area contributed by atoms with E-state index in [0.717, 1.165) is 6.08 Å². The van der Waals surface area contributed by atoms with Gasteiger partial charge in [-0.3, -0.25) is 4.79 Å². The zero-order valence-corrected chi connectivity index (χ0v) is 5.25. The van der Waals surface area contributed by atoms with Crippen molar-refractivity contribution < 1.29 is 14.3 Å². The average molecular weight is 142 g/mol. The molecule has 0 aliphatic heterocycles. The molecule has 0 saturated carbocycles. The summed E-state index contributed by atoms with van der Waals surface area (Å²) in [5, 5.41) is 8.98. The van der Waals surface area contributed by atoms with E-state index in [2.05, 4.69) is 0 Å². The minimum Gasteiger partial charge on any atom is -0.388 e. The Morgan fingerprint density at radius 1 is 1.80 bits per heavy atom. The van der Waals surface area contributed by atoms with Gasteiger partial charge in [-0.15, -0.1) is 0 Å². The highest BCUT2D eigenvalue weighted by atomic mass is 19.1. The van der Waals surface area contributed by atoms with Gasteiger partial charge in [-0.05, 0) is 18.6 Å². The van der Waals surface area contributed by atoms with E-state index in [1.54, 1.807) is 0 Å². The van der Waals surface area contributed by atoms with Crippen molar-refractivity contribution in [1.29, 1.82) is 0 Å². The van der Waals surface area contributed by atoms with Gasteiger partial charge in [0.25, 0.3) is 0 Å². The minimum absolute atomic E-state index is 0.111. The van der Waals surface area contributed by atoms with Crippen LogP contribution in [0.1, 0.15) is 6.42 Å². The normalized spacial score (nSPS) is 25.2. The van der Waals surface area contributed by atoms with Crippen LogP contribution in [0.4, 0.5) is 4.39 Å². The maximum absolute atomic E-state index is 12.3. The lowest BCUT2D eigenvalue weighted by Gasteiger charge is -2.10. The second-order valence-corrected chi connectivity index (χ2v) is 2.10. The number of halogens is 1. The number of hydrogen-bond acceptors (Lipinski definition) is 2. The molecule has 0 aromatic rings. The molecular weight excluding hydrogens is 135 g/mol. The van der Waals surface area contributed by atoms with Crippen LogP contribution in [0.2, 0.25) is 0 Å². The molecule has 1 aliphatic rings. The third kappa shape index (κ3) is 1.30. The van der Waals surface area contributed by atoms with E-state index >= 15 is 0 Å². The zero-order valence-electron chi connectivity index (χ0n) is 5.25. The summed E-state index contributed by atoms with van der Waals surface area (Å²) in [6.45, 7) is 0. The topological polar surface area (TPSA) is 37.3 Å². The second kappa shape index (κ2) is 2.75. The molecule has 1 aliphatic carbocycles. The highest BCUT2D eigenvalue weighted by Gasteiger charge is 2.13. The van der Waals surface area contributed by atoms with Crippen LogP contribution in [-0.4, -0.2) is 17.5 Å². The smallest absolute Gasteiger partial charge is 0.148 e. The molecule has 3 heteroatoms. The largest absolute Gasteiger partial charge is 0.388 e. The van der Waals surface area contributed by atoms with Crippen LogP contribution in [0.5, 0.6) is 0 Å². The number of aliphatic hydroxyl groups is 1. The Morgan fingerprint density at radius 3 is 3.00 bits per heavy atom. The molecule has 2 nitrogen and oxygen atoms in total. The quantitative estimate of drug-likeness (QED) is 0.548. The van der Waals surface area contributed by atoms with E-state index in [9.17, 15) is 9.18 Å². The fourth-order valence-corrected chi connectivity index (χ4v) is 0.787. The van der Waals surface area contributed by atoms with Gasteiger partial charge in [-0.25, -0.2) is 4.39 Å². The van der Waals surface area contributed by atoms with Crippen LogP contribution in [0.25, 0.3) is 0 Å². The van der Waals surface area contributed by atoms with Crippen molar-refractivity contribution in [2.45, 2.75) is 12.5 Å². The van der Waals surface area contributed by atoms with Gasteiger partial charge >= 0.3 is 0 Å². The summed E-state index contributed by atoms with van der Waals surface area (Å²) < 4.78 is 12.3. The van der Waals surface area contributed by atoms with Crippen molar-refractivity contribution in [3.8, 4) is 0 Å². The van der Waals surface area contributed by atoms with Gasteiger partial charge < -0.3 is 5.11 Å². The molecule has 0 fully saturated rings. The Bertz CT molecular complexity index is 206. The third-order valence-electron chi connectivity index (χ3n) is 1.36. The lowest BCUT2D eigenvalue weighted by molar-refractivity contribution is -0.105. The average Bonchev–Trinajstić information content (AvgIpc) is 1.94. The number of rotatable bonds is 1. The molecule has 54 valence electrons. The van der Waals surface area contributed by atoms with Gasteiger partial charge in [0.2, 0.25) is 0 Å². The zero-order chi connectivity index (χ0) is 7.56. The summed E-state index contributed by atoms with van der Waals surface area (Å²) in [7, 11) is 0. The van der Waals surface area contributed by atoms with E-state index in [4.69, 9.17) is 5.11 Å². The first-order valence-corrected chi connectivity index (χ1v) is 2.94. The first-order valence-electron chi connectivity index (χ1n) is 2.94. The number of allylic oxidation sites excluding steroid dienone is 2. The summed E-state index contributed by atoms with van der Waals surface area (Å²) in [4.78, 5) is 10.1. The molecule has 0 saturated heterocycles. The monoisotopic (exact) mass is 142 g/mol. The predicted octanol–water partition coefficient (Wildman–Crippen LogP) is 0.730.